The molecule has 0 radical (unpaired) electrons. The quantitative estimate of drug-likeness (QED) is 0.802. The van der Waals surface area contributed by atoms with Crippen LogP contribution in [0.2, 0.25) is 0 Å². The third kappa shape index (κ3) is 2.82. The van der Waals surface area contributed by atoms with Crippen molar-refractivity contribution >= 4 is 0 Å². The van der Waals surface area contributed by atoms with Gasteiger partial charge >= 0.3 is 0 Å². The molecule has 0 bridgehead atoms. The lowest BCUT2D eigenvalue weighted by Gasteiger charge is -2.25. The van der Waals surface area contributed by atoms with E-state index in [9.17, 15) is 0 Å². The zero-order chi connectivity index (χ0) is 11.6. The van der Waals surface area contributed by atoms with E-state index < -0.39 is 0 Å². The summed E-state index contributed by atoms with van der Waals surface area (Å²) in [7, 11) is 0. The molecule has 84 valence electrons. The van der Waals surface area contributed by atoms with Gasteiger partial charge in [-0.3, -0.25) is 0 Å². The van der Waals surface area contributed by atoms with Crippen LogP contribution in [-0.4, -0.2) is 0 Å². The second-order valence-corrected chi connectivity index (χ2v) is 5.15. The molecule has 1 rings (SSSR count). The smallest absolute Gasteiger partial charge is 0.0355 e. The standard InChI is InChI=1S/C14H23N/c1-6-11-7-8-12(10(2)3)13(9-11)14(4,5)15/h7-10H,6,15H2,1-5H3. The maximum atomic E-state index is 6.22. The Labute approximate surface area is 93.7 Å². The Kier molecular flexibility index (Phi) is 3.56. The summed E-state index contributed by atoms with van der Waals surface area (Å²) in [5.41, 5.74) is 10.0. The molecule has 0 heterocycles. The number of nitrogens with two attached hydrogens (primary N) is 1. The van der Waals surface area contributed by atoms with Crippen molar-refractivity contribution in [3.63, 3.8) is 0 Å². The number of hydrogen-bond donors (Lipinski definition) is 1. The van der Waals surface area contributed by atoms with Crippen LogP contribution < -0.4 is 5.73 Å². The van der Waals surface area contributed by atoms with Crippen LogP contribution in [0.3, 0.4) is 0 Å². The molecule has 0 unspecified atom stereocenters. The summed E-state index contributed by atoms with van der Waals surface area (Å²) in [4.78, 5) is 0. The van der Waals surface area contributed by atoms with E-state index in [4.69, 9.17) is 5.73 Å². The van der Waals surface area contributed by atoms with E-state index in [2.05, 4.69) is 52.8 Å². The first kappa shape index (κ1) is 12.3. The van der Waals surface area contributed by atoms with Gasteiger partial charge in [-0.2, -0.15) is 0 Å². The van der Waals surface area contributed by atoms with E-state index in [-0.39, 0.29) is 5.54 Å². The van der Waals surface area contributed by atoms with Crippen molar-refractivity contribution in [1.29, 1.82) is 0 Å². The largest absolute Gasteiger partial charge is 0.322 e. The van der Waals surface area contributed by atoms with Crippen molar-refractivity contribution in [1.82, 2.24) is 0 Å². The molecule has 0 aliphatic heterocycles. The second kappa shape index (κ2) is 4.36. The van der Waals surface area contributed by atoms with Crippen molar-refractivity contribution in [2.75, 3.05) is 0 Å². The van der Waals surface area contributed by atoms with Gasteiger partial charge in [0.1, 0.15) is 0 Å². The van der Waals surface area contributed by atoms with Crippen molar-refractivity contribution in [3.05, 3.63) is 34.9 Å². The molecule has 1 nitrogen and oxygen atoms in total. The fourth-order valence-electron chi connectivity index (χ4n) is 1.88. The van der Waals surface area contributed by atoms with Crippen LogP contribution in [0.5, 0.6) is 0 Å². The monoisotopic (exact) mass is 205 g/mol. The molecule has 0 spiro atoms. The van der Waals surface area contributed by atoms with Gasteiger partial charge in [-0.15, -0.1) is 0 Å². The zero-order valence-corrected chi connectivity index (χ0v) is 10.6. The van der Waals surface area contributed by atoms with Gasteiger partial charge < -0.3 is 5.73 Å². The van der Waals surface area contributed by atoms with Crippen LogP contribution in [-0.2, 0) is 12.0 Å². The fraction of sp³-hybridized carbons (Fsp3) is 0.571. The molecule has 0 aromatic heterocycles. The summed E-state index contributed by atoms with van der Waals surface area (Å²) in [5.74, 6) is 0.536. The number of hydrogen-bond acceptors (Lipinski definition) is 1. The summed E-state index contributed by atoms with van der Waals surface area (Å²) in [6.45, 7) is 10.8. The highest BCUT2D eigenvalue weighted by molar-refractivity contribution is 5.38. The minimum atomic E-state index is -0.245. The van der Waals surface area contributed by atoms with E-state index in [0.717, 1.165) is 6.42 Å². The highest BCUT2D eigenvalue weighted by Gasteiger charge is 2.19. The normalized spacial score (nSPS) is 12.2. The van der Waals surface area contributed by atoms with E-state index in [1.165, 1.54) is 16.7 Å². The minimum Gasteiger partial charge on any atom is -0.322 e. The van der Waals surface area contributed by atoms with Gasteiger partial charge in [0.15, 0.2) is 0 Å². The lowest BCUT2D eigenvalue weighted by atomic mass is 9.85. The molecule has 15 heavy (non-hydrogen) atoms. The summed E-state index contributed by atoms with van der Waals surface area (Å²) < 4.78 is 0. The lowest BCUT2D eigenvalue weighted by Crippen LogP contribution is -2.30. The average Bonchev–Trinajstić information content (AvgIpc) is 2.15. The maximum absolute atomic E-state index is 6.22. The molecular formula is C14H23N. The Morgan fingerprint density at radius 1 is 1.27 bits per heavy atom. The number of rotatable bonds is 3. The molecule has 0 saturated heterocycles. The highest BCUT2D eigenvalue weighted by atomic mass is 14.7. The molecule has 2 N–H and O–H groups in total. The van der Waals surface area contributed by atoms with E-state index >= 15 is 0 Å². The minimum absolute atomic E-state index is 0.245. The molecule has 0 atom stereocenters. The Hall–Kier alpha value is -0.820. The Morgan fingerprint density at radius 2 is 1.87 bits per heavy atom. The molecule has 1 aromatic carbocycles. The van der Waals surface area contributed by atoms with Crippen LogP contribution in [0.15, 0.2) is 18.2 Å². The fourth-order valence-corrected chi connectivity index (χ4v) is 1.88. The van der Waals surface area contributed by atoms with Crippen LogP contribution in [0.4, 0.5) is 0 Å². The highest BCUT2D eigenvalue weighted by Crippen LogP contribution is 2.28. The van der Waals surface area contributed by atoms with E-state index in [0.29, 0.717) is 5.92 Å². The maximum Gasteiger partial charge on any atom is 0.0355 e. The van der Waals surface area contributed by atoms with Gasteiger partial charge in [0.2, 0.25) is 0 Å². The second-order valence-electron chi connectivity index (χ2n) is 5.15. The van der Waals surface area contributed by atoms with Crippen LogP contribution >= 0.6 is 0 Å². The summed E-state index contributed by atoms with van der Waals surface area (Å²) >= 11 is 0. The Bertz CT molecular complexity index is 332. The molecule has 0 amide bonds. The molecule has 1 heteroatoms. The van der Waals surface area contributed by atoms with Gasteiger partial charge in [-0.25, -0.2) is 0 Å². The first-order chi connectivity index (χ1) is 6.86. The Balaban J connectivity index is 3.29. The van der Waals surface area contributed by atoms with E-state index in [1.54, 1.807) is 0 Å². The van der Waals surface area contributed by atoms with Crippen LogP contribution in [0.25, 0.3) is 0 Å². The lowest BCUT2D eigenvalue weighted by molar-refractivity contribution is 0.543. The van der Waals surface area contributed by atoms with Crippen molar-refractivity contribution < 1.29 is 0 Å². The van der Waals surface area contributed by atoms with Gasteiger partial charge in [0, 0.05) is 5.54 Å². The average molecular weight is 205 g/mol. The zero-order valence-electron chi connectivity index (χ0n) is 10.6. The van der Waals surface area contributed by atoms with Crippen LogP contribution in [0, 0.1) is 0 Å². The van der Waals surface area contributed by atoms with Crippen molar-refractivity contribution in [3.8, 4) is 0 Å². The molecule has 0 fully saturated rings. The predicted octanol–water partition coefficient (Wildman–Crippen LogP) is 3.57. The summed E-state index contributed by atoms with van der Waals surface area (Å²) in [5, 5.41) is 0. The van der Waals surface area contributed by atoms with Gasteiger partial charge in [0.25, 0.3) is 0 Å². The van der Waals surface area contributed by atoms with Crippen molar-refractivity contribution in [2.45, 2.75) is 52.5 Å². The molecular weight excluding hydrogens is 182 g/mol. The summed E-state index contributed by atoms with van der Waals surface area (Å²) in [6, 6.07) is 6.70. The number of aryl methyl sites for hydroxylation is 1. The molecule has 0 aliphatic carbocycles. The first-order valence-corrected chi connectivity index (χ1v) is 5.78. The SMILES string of the molecule is CCc1ccc(C(C)C)c(C(C)(C)N)c1. The molecule has 0 aliphatic rings. The third-order valence-electron chi connectivity index (χ3n) is 2.84. The van der Waals surface area contributed by atoms with Gasteiger partial charge in [-0.1, -0.05) is 39.0 Å². The van der Waals surface area contributed by atoms with Gasteiger partial charge in [-0.05, 0) is 42.9 Å². The van der Waals surface area contributed by atoms with E-state index in [1.807, 2.05) is 0 Å². The molecule has 1 aromatic rings. The first-order valence-electron chi connectivity index (χ1n) is 5.78. The molecule has 0 saturated carbocycles. The third-order valence-corrected chi connectivity index (χ3v) is 2.84. The number of benzene rings is 1. The predicted molar refractivity (Wildman–Crippen MR) is 67.1 cm³/mol. The van der Waals surface area contributed by atoms with Crippen LogP contribution in [0.1, 0.15) is 57.2 Å². The topological polar surface area (TPSA) is 26.0 Å². The summed E-state index contributed by atoms with van der Waals surface area (Å²) in [6.07, 6.45) is 1.07. The van der Waals surface area contributed by atoms with Gasteiger partial charge in [0.05, 0.1) is 0 Å². The Morgan fingerprint density at radius 3 is 2.27 bits per heavy atom. The van der Waals surface area contributed by atoms with Crippen molar-refractivity contribution in [2.24, 2.45) is 5.73 Å².